The quantitative estimate of drug-likeness (QED) is 0.779. The summed E-state index contributed by atoms with van der Waals surface area (Å²) in [6.07, 6.45) is 0. The van der Waals surface area contributed by atoms with Crippen molar-refractivity contribution in [3.63, 3.8) is 0 Å². The number of nitrogens with two attached hydrogens (primary N) is 1. The number of thioether (sulfide) groups is 1. The lowest BCUT2D eigenvalue weighted by Gasteiger charge is -2.10. The first-order valence-electron chi connectivity index (χ1n) is 5.08. The van der Waals surface area contributed by atoms with Gasteiger partial charge in [-0.1, -0.05) is 11.6 Å². The van der Waals surface area contributed by atoms with Crippen molar-refractivity contribution in [1.82, 2.24) is 0 Å². The first-order valence-corrected chi connectivity index (χ1v) is 6.62. The Morgan fingerprint density at radius 1 is 1.59 bits per heavy atom. The van der Waals surface area contributed by atoms with Crippen molar-refractivity contribution in [2.24, 2.45) is 5.73 Å². The molecular weight excluding hydrogens is 260 g/mol. The maximum Gasteiger partial charge on any atom is 0.234 e. The number of ether oxygens (including phenoxy) is 1. The molecule has 0 aliphatic carbocycles. The van der Waals surface area contributed by atoms with Crippen LogP contribution in [0.3, 0.4) is 0 Å². The smallest absolute Gasteiger partial charge is 0.234 e. The Balaban J connectivity index is 2.60. The predicted molar refractivity (Wildman–Crippen MR) is 73.0 cm³/mol. The van der Waals surface area contributed by atoms with Gasteiger partial charge in [0.25, 0.3) is 0 Å². The predicted octanol–water partition coefficient (Wildman–Crippen LogP) is 1.98. The highest BCUT2D eigenvalue weighted by Gasteiger charge is 2.08. The molecular formula is C11H15ClN2O2S. The third-order valence-electron chi connectivity index (χ3n) is 1.93. The fourth-order valence-electron chi connectivity index (χ4n) is 1.21. The van der Waals surface area contributed by atoms with Crippen molar-refractivity contribution in [2.75, 3.05) is 30.5 Å². The van der Waals surface area contributed by atoms with Crippen molar-refractivity contribution in [3.05, 3.63) is 23.2 Å². The van der Waals surface area contributed by atoms with Gasteiger partial charge in [0.15, 0.2) is 0 Å². The molecule has 0 aliphatic rings. The Hall–Kier alpha value is -0.910. The number of carbonyl (C=O) groups is 1. The summed E-state index contributed by atoms with van der Waals surface area (Å²) in [5.74, 6) is 1.63. The minimum absolute atomic E-state index is 0.0935. The fraction of sp³-hybridized carbons (Fsp3) is 0.364. The van der Waals surface area contributed by atoms with Crippen LogP contribution in [0.15, 0.2) is 18.2 Å². The third kappa shape index (κ3) is 4.85. The van der Waals surface area contributed by atoms with E-state index in [0.717, 1.165) is 5.75 Å². The normalized spacial score (nSPS) is 10.1. The second-order valence-electron chi connectivity index (χ2n) is 3.23. The minimum Gasteiger partial charge on any atom is -0.495 e. The largest absolute Gasteiger partial charge is 0.495 e. The number of benzene rings is 1. The Kier molecular flexibility index (Phi) is 6.18. The van der Waals surface area contributed by atoms with Gasteiger partial charge in [-0.05, 0) is 18.2 Å². The molecule has 6 heteroatoms. The Morgan fingerprint density at radius 3 is 3.00 bits per heavy atom. The van der Waals surface area contributed by atoms with Crippen LogP contribution in [0.5, 0.6) is 5.75 Å². The standard InChI is InChI=1S/C11H15ClN2O2S/c1-16-10-3-2-8(12)6-9(10)14-11(15)7-17-5-4-13/h2-3,6H,4-5,7,13H2,1H3,(H,14,15). The van der Waals surface area contributed by atoms with E-state index in [9.17, 15) is 4.79 Å². The zero-order valence-corrected chi connectivity index (χ0v) is 11.1. The molecule has 0 radical (unpaired) electrons. The highest BCUT2D eigenvalue weighted by Crippen LogP contribution is 2.27. The number of hydrogen-bond donors (Lipinski definition) is 2. The van der Waals surface area contributed by atoms with Crippen molar-refractivity contribution >= 4 is 35.0 Å². The molecule has 4 nitrogen and oxygen atoms in total. The molecule has 1 aromatic rings. The van der Waals surface area contributed by atoms with E-state index >= 15 is 0 Å². The fourth-order valence-corrected chi connectivity index (χ4v) is 1.95. The van der Waals surface area contributed by atoms with E-state index in [-0.39, 0.29) is 5.91 Å². The van der Waals surface area contributed by atoms with E-state index in [2.05, 4.69) is 5.32 Å². The second kappa shape index (κ2) is 7.42. The highest BCUT2D eigenvalue weighted by molar-refractivity contribution is 7.99. The molecule has 0 aliphatic heterocycles. The SMILES string of the molecule is COc1ccc(Cl)cc1NC(=O)CSCCN. The lowest BCUT2D eigenvalue weighted by atomic mass is 10.3. The molecule has 0 unspecified atom stereocenters. The average Bonchev–Trinajstić information content (AvgIpc) is 2.29. The van der Waals surface area contributed by atoms with E-state index in [0.29, 0.717) is 28.8 Å². The Bertz CT molecular complexity index is 388. The molecule has 0 atom stereocenters. The van der Waals surface area contributed by atoms with Crippen LogP contribution in [0.4, 0.5) is 5.69 Å². The molecule has 3 N–H and O–H groups in total. The van der Waals surface area contributed by atoms with Crippen LogP contribution in [0.25, 0.3) is 0 Å². The van der Waals surface area contributed by atoms with Crippen molar-refractivity contribution in [2.45, 2.75) is 0 Å². The molecule has 0 saturated heterocycles. The monoisotopic (exact) mass is 274 g/mol. The van der Waals surface area contributed by atoms with Gasteiger partial charge in [-0.15, -0.1) is 0 Å². The van der Waals surface area contributed by atoms with E-state index in [1.165, 1.54) is 11.8 Å². The summed E-state index contributed by atoms with van der Waals surface area (Å²) in [7, 11) is 1.54. The molecule has 0 aromatic heterocycles. The van der Waals surface area contributed by atoms with E-state index in [4.69, 9.17) is 22.1 Å². The van der Waals surface area contributed by atoms with Crippen LogP contribution in [-0.4, -0.2) is 31.1 Å². The van der Waals surface area contributed by atoms with Gasteiger partial charge in [-0.2, -0.15) is 11.8 Å². The van der Waals surface area contributed by atoms with Crippen molar-refractivity contribution < 1.29 is 9.53 Å². The molecule has 0 saturated carbocycles. The number of methoxy groups -OCH3 is 1. The number of rotatable bonds is 6. The molecule has 0 bridgehead atoms. The van der Waals surface area contributed by atoms with Gasteiger partial charge in [-0.25, -0.2) is 0 Å². The topological polar surface area (TPSA) is 64.3 Å². The highest BCUT2D eigenvalue weighted by atomic mass is 35.5. The summed E-state index contributed by atoms with van der Waals surface area (Å²) in [4.78, 5) is 11.6. The molecule has 1 rings (SSSR count). The summed E-state index contributed by atoms with van der Waals surface area (Å²) in [5, 5.41) is 3.30. The number of amides is 1. The average molecular weight is 275 g/mol. The van der Waals surface area contributed by atoms with Gasteiger partial charge in [0.2, 0.25) is 5.91 Å². The summed E-state index contributed by atoms with van der Waals surface area (Å²) in [5.41, 5.74) is 5.92. The number of nitrogens with one attached hydrogen (secondary N) is 1. The first kappa shape index (κ1) is 14.2. The maximum atomic E-state index is 11.6. The van der Waals surface area contributed by atoms with Crippen LogP contribution in [0, 0.1) is 0 Å². The van der Waals surface area contributed by atoms with E-state index in [1.807, 2.05) is 0 Å². The molecule has 94 valence electrons. The summed E-state index contributed by atoms with van der Waals surface area (Å²) < 4.78 is 5.13. The summed E-state index contributed by atoms with van der Waals surface area (Å²) in [6, 6.07) is 5.08. The number of anilines is 1. The molecule has 0 fully saturated rings. The van der Waals surface area contributed by atoms with Crippen molar-refractivity contribution in [1.29, 1.82) is 0 Å². The van der Waals surface area contributed by atoms with Crippen LogP contribution >= 0.6 is 23.4 Å². The molecule has 0 spiro atoms. The van der Waals surface area contributed by atoms with Gasteiger partial charge in [0.05, 0.1) is 18.6 Å². The van der Waals surface area contributed by atoms with Gasteiger partial charge in [-0.3, -0.25) is 4.79 Å². The van der Waals surface area contributed by atoms with E-state index in [1.54, 1.807) is 25.3 Å². The number of carbonyl (C=O) groups excluding carboxylic acids is 1. The lowest BCUT2D eigenvalue weighted by Crippen LogP contribution is -2.16. The first-order chi connectivity index (χ1) is 8.17. The molecule has 0 heterocycles. The zero-order valence-electron chi connectivity index (χ0n) is 9.53. The summed E-state index contributed by atoms with van der Waals surface area (Å²) >= 11 is 7.34. The third-order valence-corrected chi connectivity index (χ3v) is 3.16. The van der Waals surface area contributed by atoms with Crippen LogP contribution < -0.4 is 15.8 Å². The van der Waals surface area contributed by atoms with Gasteiger partial charge in [0, 0.05) is 17.3 Å². The Morgan fingerprint density at radius 2 is 2.35 bits per heavy atom. The van der Waals surface area contributed by atoms with Gasteiger partial charge >= 0.3 is 0 Å². The maximum absolute atomic E-state index is 11.6. The molecule has 1 aromatic carbocycles. The molecule has 1 amide bonds. The second-order valence-corrected chi connectivity index (χ2v) is 4.78. The number of hydrogen-bond acceptors (Lipinski definition) is 4. The summed E-state index contributed by atoms with van der Waals surface area (Å²) in [6.45, 7) is 0.568. The van der Waals surface area contributed by atoms with Crippen LogP contribution in [0.2, 0.25) is 5.02 Å². The number of halogens is 1. The Labute approximate surface area is 110 Å². The van der Waals surface area contributed by atoms with Crippen molar-refractivity contribution in [3.8, 4) is 5.75 Å². The lowest BCUT2D eigenvalue weighted by molar-refractivity contribution is -0.113. The van der Waals surface area contributed by atoms with Crippen LogP contribution in [-0.2, 0) is 4.79 Å². The van der Waals surface area contributed by atoms with E-state index < -0.39 is 0 Å². The molecule has 17 heavy (non-hydrogen) atoms. The van der Waals surface area contributed by atoms with Gasteiger partial charge in [0.1, 0.15) is 5.75 Å². The zero-order chi connectivity index (χ0) is 12.7. The van der Waals surface area contributed by atoms with Crippen LogP contribution in [0.1, 0.15) is 0 Å². The minimum atomic E-state index is -0.0935. The van der Waals surface area contributed by atoms with Gasteiger partial charge < -0.3 is 15.8 Å².